The van der Waals surface area contributed by atoms with E-state index < -0.39 is 5.91 Å². The number of hydrogen-bond acceptors (Lipinski definition) is 7. The Morgan fingerprint density at radius 3 is 2.15 bits per heavy atom. The van der Waals surface area contributed by atoms with Gasteiger partial charge in [0.15, 0.2) is 29.6 Å². The summed E-state index contributed by atoms with van der Waals surface area (Å²) in [6.45, 7) is -0.250. The Balaban J connectivity index is 1.94. The molecule has 1 amide bonds. The maximum Gasteiger partial charge on any atom is 0.277 e. The summed E-state index contributed by atoms with van der Waals surface area (Å²) in [6.07, 6.45) is 1.49. The van der Waals surface area contributed by atoms with E-state index >= 15 is 0 Å². The molecule has 1 N–H and O–H groups in total. The minimum atomic E-state index is -0.431. The molecule has 2 aromatic carbocycles. The zero-order chi connectivity index (χ0) is 19.6. The topological polar surface area (TPSA) is 87.6 Å². The lowest BCUT2D eigenvalue weighted by Gasteiger charge is -2.13. The van der Waals surface area contributed by atoms with E-state index in [1.54, 1.807) is 50.6 Å². The lowest BCUT2D eigenvalue weighted by Crippen LogP contribution is -2.24. The molecular weight excluding hydrogens is 352 g/mol. The molecular formula is C19H22N2O6. The van der Waals surface area contributed by atoms with Crippen LogP contribution in [0.5, 0.6) is 28.7 Å². The highest BCUT2D eigenvalue weighted by Gasteiger charge is 2.13. The van der Waals surface area contributed by atoms with Crippen LogP contribution in [0.3, 0.4) is 0 Å². The molecule has 0 unspecified atom stereocenters. The van der Waals surface area contributed by atoms with E-state index in [-0.39, 0.29) is 6.61 Å². The number of hydrazone groups is 1. The number of hydrogen-bond donors (Lipinski definition) is 1. The SMILES string of the molecule is COc1ccc(C=NNC(=O)COc2c(OC)cccc2OC)cc1OC. The smallest absolute Gasteiger partial charge is 0.277 e. The Morgan fingerprint density at radius 2 is 1.56 bits per heavy atom. The molecule has 0 aliphatic rings. The molecule has 0 heterocycles. The van der Waals surface area contributed by atoms with Crippen LogP contribution < -0.4 is 29.1 Å². The Morgan fingerprint density at radius 1 is 0.926 bits per heavy atom. The quantitative estimate of drug-likeness (QED) is 0.535. The average molecular weight is 374 g/mol. The fourth-order valence-electron chi connectivity index (χ4n) is 2.24. The van der Waals surface area contributed by atoms with Gasteiger partial charge in [-0.15, -0.1) is 0 Å². The van der Waals surface area contributed by atoms with E-state index in [2.05, 4.69) is 10.5 Å². The summed E-state index contributed by atoms with van der Waals surface area (Å²) >= 11 is 0. The van der Waals surface area contributed by atoms with E-state index in [1.165, 1.54) is 20.4 Å². The first-order chi connectivity index (χ1) is 13.1. The van der Waals surface area contributed by atoms with E-state index in [0.717, 1.165) is 5.56 Å². The van der Waals surface area contributed by atoms with Crippen molar-refractivity contribution in [2.24, 2.45) is 5.10 Å². The molecule has 2 rings (SSSR count). The summed E-state index contributed by atoms with van der Waals surface area (Å²) in [4.78, 5) is 12.0. The highest BCUT2D eigenvalue weighted by Crippen LogP contribution is 2.36. The van der Waals surface area contributed by atoms with Crippen LogP contribution in [-0.2, 0) is 4.79 Å². The zero-order valence-electron chi connectivity index (χ0n) is 15.6. The van der Waals surface area contributed by atoms with Crippen molar-refractivity contribution in [3.63, 3.8) is 0 Å². The number of methoxy groups -OCH3 is 4. The number of nitrogens with zero attached hydrogens (tertiary/aromatic N) is 1. The minimum Gasteiger partial charge on any atom is -0.493 e. The van der Waals surface area contributed by atoms with Crippen molar-refractivity contribution in [1.29, 1.82) is 0 Å². The molecule has 27 heavy (non-hydrogen) atoms. The third kappa shape index (κ3) is 5.27. The van der Waals surface area contributed by atoms with Crippen LogP contribution in [0.1, 0.15) is 5.56 Å². The molecule has 8 heteroatoms. The van der Waals surface area contributed by atoms with Crippen LogP contribution in [-0.4, -0.2) is 47.2 Å². The van der Waals surface area contributed by atoms with Crippen LogP contribution in [0.4, 0.5) is 0 Å². The Hall–Kier alpha value is -3.42. The largest absolute Gasteiger partial charge is 0.493 e. The van der Waals surface area contributed by atoms with E-state index in [1.807, 2.05) is 0 Å². The van der Waals surface area contributed by atoms with Gasteiger partial charge in [-0.05, 0) is 35.9 Å². The van der Waals surface area contributed by atoms with Crippen LogP contribution in [0.2, 0.25) is 0 Å². The number of carbonyl (C=O) groups is 1. The molecule has 8 nitrogen and oxygen atoms in total. The number of rotatable bonds is 9. The first-order valence-electron chi connectivity index (χ1n) is 8.00. The van der Waals surface area contributed by atoms with E-state index in [9.17, 15) is 4.79 Å². The predicted octanol–water partition coefficient (Wildman–Crippen LogP) is 2.25. The highest BCUT2D eigenvalue weighted by molar-refractivity contribution is 5.83. The summed E-state index contributed by atoms with van der Waals surface area (Å²) < 4.78 is 26.3. The maximum atomic E-state index is 12.0. The molecule has 0 aliphatic heterocycles. The standard InChI is InChI=1S/C19H22N2O6/c1-23-14-9-8-13(10-17(14)26-4)11-20-21-18(22)12-27-19-15(24-2)6-5-7-16(19)25-3/h5-11H,12H2,1-4H3,(H,21,22). The van der Waals surface area contributed by atoms with Crippen molar-refractivity contribution in [3.8, 4) is 28.7 Å². The van der Waals surface area contributed by atoms with Crippen molar-refractivity contribution >= 4 is 12.1 Å². The van der Waals surface area contributed by atoms with Crippen molar-refractivity contribution < 1.29 is 28.5 Å². The van der Waals surface area contributed by atoms with Gasteiger partial charge in [0.05, 0.1) is 34.7 Å². The van der Waals surface area contributed by atoms with Crippen molar-refractivity contribution in [2.75, 3.05) is 35.0 Å². The molecule has 0 saturated carbocycles. The van der Waals surface area contributed by atoms with Gasteiger partial charge in [0.2, 0.25) is 5.75 Å². The molecule has 0 radical (unpaired) electrons. The average Bonchev–Trinajstić information content (AvgIpc) is 2.71. The fraction of sp³-hybridized carbons (Fsp3) is 0.263. The molecule has 0 spiro atoms. The molecule has 0 atom stereocenters. The third-order valence-electron chi connectivity index (χ3n) is 3.54. The first kappa shape index (κ1) is 19.9. The molecule has 0 aliphatic carbocycles. The van der Waals surface area contributed by atoms with Crippen LogP contribution in [0.15, 0.2) is 41.5 Å². The van der Waals surface area contributed by atoms with Crippen LogP contribution >= 0.6 is 0 Å². The molecule has 2 aromatic rings. The van der Waals surface area contributed by atoms with E-state index in [0.29, 0.717) is 28.7 Å². The molecule has 0 saturated heterocycles. The summed E-state index contributed by atoms with van der Waals surface area (Å²) in [5.41, 5.74) is 3.13. The number of para-hydroxylation sites is 1. The van der Waals surface area contributed by atoms with Gasteiger partial charge < -0.3 is 23.7 Å². The Labute approximate surface area is 157 Å². The predicted molar refractivity (Wildman–Crippen MR) is 100 cm³/mol. The monoisotopic (exact) mass is 374 g/mol. The van der Waals surface area contributed by atoms with Gasteiger partial charge in [0.1, 0.15) is 0 Å². The lowest BCUT2D eigenvalue weighted by atomic mass is 10.2. The summed E-state index contributed by atoms with van der Waals surface area (Å²) in [5, 5.41) is 3.91. The van der Waals surface area contributed by atoms with Crippen molar-refractivity contribution in [2.45, 2.75) is 0 Å². The summed E-state index contributed by atoms with van der Waals surface area (Å²) in [6, 6.07) is 10.5. The van der Waals surface area contributed by atoms with Gasteiger partial charge in [-0.25, -0.2) is 5.43 Å². The fourth-order valence-corrected chi connectivity index (χ4v) is 2.24. The zero-order valence-corrected chi connectivity index (χ0v) is 15.6. The Kier molecular flexibility index (Phi) is 7.30. The number of benzene rings is 2. The molecule has 0 aromatic heterocycles. The van der Waals surface area contributed by atoms with Crippen LogP contribution in [0.25, 0.3) is 0 Å². The Bertz CT molecular complexity index is 785. The second kappa shape index (κ2) is 9.91. The number of carbonyl (C=O) groups excluding carboxylic acids is 1. The third-order valence-corrected chi connectivity index (χ3v) is 3.54. The second-order valence-corrected chi connectivity index (χ2v) is 5.19. The van der Waals surface area contributed by atoms with Gasteiger partial charge >= 0.3 is 0 Å². The van der Waals surface area contributed by atoms with Gasteiger partial charge in [0, 0.05) is 0 Å². The van der Waals surface area contributed by atoms with Gasteiger partial charge in [-0.3, -0.25) is 4.79 Å². The van der Waals surface area contributed by atoms with Gasteiger partial charge in [0.25, 0.3) is 5.91 Å². The molecule has 144 valence electrons. The highest BCUT2D eigenvalue weighted by atomic mass is 16.5. The second-order valence-electron chi connectivity index (χ2n) is 5.19. The lowest BCUT2D eigenvalue weighted by molar-refractivity contribution is -0.123. The number of ether oxygens (including phenoxy) is 5. The van der Waals surface area contributed by atoms with Crippen LogP contribution in [0, 0.1) is 0 Å². The first-order valence-corrected chi connectivity index (χ1v) is 8.00. The van der Waals surface area contributed by atoms with Crippen molar-refractivity contribution in [3.05, 3.63) is 42.0 Å². The minimum absolute atomic E-state index is 0.250. The normalized spacial score (nSPS) is 10.4. The maximum absolute atomic E-state index is 12.0. The number of nitrogens with one attached hydrogen (secondary N) is 1. The van der Waals surface area contributed by atoms with Gasteiger partial charge in [-0.2, -0.15) is 5.10 Å². The van der Waals surface area contributed by atoms with Gasteiger partial charge in [-0.1, -0.05) is 6.07 Å². The number of amides is 1. The summed E-state index contributed by atoms with van der Waals surface area (Å²) in [5.74, 6) is 2.03. The molecule has 0 fully saturated rings. The summed E-state index contributed by atoms with van der Waals surface area (Å²) in [7, 11) is 6.12. The molecule has 0 bridgehead atoms. The van der Waals surface area contributed by atoms with Crippen molar-refractivity contribution in [1.82, 2.24) is 5.43 Å². The van der Waals surface area contributed by atoms with E-state index in [4.69, 9.17) is 23.7 Å².